The highest BCUT2D eigenvalue weighted by Crippen LogP contribution is 2.15. The molecule has 0 amide bonds. The van der Waals surface area contributed by atoms with Gasteiger partial charge in [-0.05, 0) is 11.5 Å². The molecule has 0 bridgehead atoms. The Hall–Kier alpha value is -1.19. The van der Waals surface area contributed by atoms with Crippen LogP contribution in [0.3, 0.4) is 0 Å². The summed E-state index contributed by atoms with van der Waals surface area (Å²) in [5.74, 6) is 0.555. The summed E-state index contributed by atoms with van der Waals surface area (Å²) in [5, 5.41) is 0. The van der Waals surface area contributed by atoms with Crippen LogP contribution in [0.2, 0.25) is 0 Å². The molecule has 1 atom stereocenters. The molecule has 0 saturated heterocycles. The minimum absolute atomic E-state index is 0.0739. The largest absolute Gasteiger partial charge is 0.383 e. The van der Waals surface area contributed by atoms with E-state index in [2.05, 4.69) is 13.8 Å². The SMILES string of the molecule is COCC(N)CC(=O)c1ccc(C(C)C)cc1. The third kappa shape index (κ3) is 4.29. The molecule has 0 aliphatic heterocycles. The smallest absolute Gasteiger partial charge is 0.164 e. The summed E-state index contributed by atoms with van der Waals surface area (Å²) in [6.45, 7) is 4.67. The lowest BCUT2D eigenvalue weighted by Crippen LogP contribution is -2.28. The first kappa shape index (κ1) is 13.9. The van der Waals surface area contributed by atoms with Crippen LogP contribution in [0.4, 0.5) is 0 Å². The standard InChI is InChI=1S/C14H21NO2/c1-10(2)11-4-6-12(7-5-11)14(16)8-13(15)9-17-3/h4-7,10,13H,8-9,15H2,1-3H3. The lowest BCUT2D eigenvalue weighted by molar-refractivity contribution is 0.0949. The summed E-state index contributed by atoms with van der Waals surface area (Å²) in [5.41, 5.74) is 7.72. The first-order chi connectivity index (χ1) is 8.04. The van der Waals surface area contributed by atoms with Crippen molar-refractivity contribution in [2.45, 2.75) is 32.2 Å². The molecule has 0 radical (unpaired) electrons. The van der Waals surface area contributed by atoms with Crippen LogP contribution in [-0.4, -0.2) is 25.5 Å². The van der Waals surface area contributed by atoms with E-state index in [1.54, 1.807) is 7.11 Å². The van der Waals surface area contributed by atoms with Gasteiger partial charge in [0.1, 0.15) is 0 Å². The highest BCUT2D eigenvalue weighted by molar-refractivity contribution is 5.96. The van der Waals surface area contributed by atoms with Crippen LogP contribution < -0.4 is 5.73 Å². The van der Waals surface area contributed by atoms with Gasteiger partial charge in [-0.1, -0.05) is 38.1 Å². The number of Topliss-reactive ketones (excluding diaryl/α,β-unsaturated/α-hetero) is 1. The molecule has 0 spiro atoms. The number of ether oxygens (including phenoxy) is 1. The molecule has 1 unspecified atom stereocenters. The molecule has 0 saturated carbocycles. The zero-order valence-corrected chi connectivity index (χ0v) is 10.8. The highest BCUT2D eigenvalue weighted by Gasteiger charge is 2.11. The zero-order chi connectivity index (χ0) is 12.8. The van der Waals surface area contributed by atoms with Crippen molar-refractivity contribution in [3.63, 3.8) is 0 Å². The van der Waals surface area contributed by atoms with Crippen LogP contribution in [0.1, 0.15) is 42.1 Å². The molecular formula is C14H21NO2. The Morgan fingerprint density at radius 2 is 1.88 bits per heavy atom. The summed E-state index contributed by atoms with van der Waals surface area (Å²) in [7, 11) is 1.59. The zero-order valence-electron chi connectivity index (χ0n) is 10.8. The van der Waals surface area contributed by atoms with Gasteiger partial charge in [0, 0.05) is 25.1 Å². The highest BCUT2D eigenvalue weighted by atomic mass is 16.5. The molecule has 1 aromatic carbocycles. The van der Waals surface area contributed by atoms with Gasteiger partial charge in [0.05, 0.1) is 6.61 Å². The minimum atomic E-state index is -0.225. The fraction of sp³-hybridized carbons (Fsp3) is 0.500. The number of ketones is 1. The van der Waals surface area contributed by atoms with Crippen LogP contribution in [0, 0.1) is 0 Å². The average molecular weight is 235 g/mol. The second kappa shape index (κ2) is 6.52. The molecule has 0 fully saturated rings. The maximum atomic E-state index is 11.9. The Bertz CT molecular complexity index is 357. The van der Waals surface area contributed by atoms with Gasteiger partial charge in [-0.3, -0.25) is 4.79 Å². The van der Waals surface area contributed by atoms with Gasteiger partial charge in [0.2, 0.25) is 0 Å². The van der Waals surface area contributed by atoms with Crippen LogP contribution in [0.15, 0.2) is 24.3 Å². The number of methoxy groups -OCH3 is 1. The molecule has 2 N–H and O–H groups in total. The lowest BCUT2D eigenvalue weighted by atomic mass is 9.98. The number of hydrogen-bond donors (Lipinski definition) is 1. The Kier molecular flexibility index (Phi) is 5.32. The van der Waals surface area contributed by atoms with Crippen molar-refractivity contribution in [2.24, 2.45) is 5.73 Å². The summed E-state index contributed by atoms with van der Waals surface area (Å²) in [6, 6.07) is 7.52. The van der Waals surface area contributed by atoms with Crippen molar-refractivity contribution in [3.8, 4) is 0 Å². The first-order valence-electron chi connectivity index (χ1n) is 5.92. The Balaban J connectivity index is 2.63. The molecule has 3 nitrogen and oxygen atoms in total. The van der Waals surface area contributed by atoms with E-state index in [4.69, 9.17) is 10.5 Å². The number of rotatable bonds is 6. The number of carbonyl (C=O) groups excluding carboxylic acids is 1. The van der Waals surface area contributed by atoms with Gasteiger partial charge in [-0.15, -0.1) is 0 Å². The summed E-state index contributed by atoms with van der Waals surface area (Å²) >= 11 is 0. The van der Waals surface area contributed by atoms with Crippen LogP contribution in [-0.2, 0) is 4.74 Å². The molecule has 17 heavy (non-hydrogen) atoms. The van der Waals surface area contributed by atoms with Crippen molar-refractivity contribution in [3.05, 3.63) is 35.4 Å². The molecule has 94 valence electrons. The van der Waals surface area contributed by atoms with E-state index < -0.39 is 0 Å². The van der Waals surface area contributed by atoms with Crippen LogP contribution in [0.5, 0.6) is 0 Å². The van der Waals surface area contributed by atoms with Gasteiger partial charge in [-0.2, -0.15) is 0 Å². The van der Waals surface area contributed by atoms with Gasteiger partial charge < -0.3 is 10.5 Å². The number of nitrogens with two attached hydrogens (primary N) is 1. The quantitative estimate of drug-likeness (QED) is 0.770. The maximum Gasteiger partial charge on any atom is 0.164 e. The van der Waals surface area contributed by atoms with E-state index in [0.717, 1.165) is 5.56 Å². The summed E-state index contributed by atoms with van der Waals surface area (Å²) < 4.78 is 4.91. The van der Waals surface area contributed by atoms with E-state index >= 15 is 0 Å². The van der Waals surface area contributed by atoms with Gasteiger partial charge in [0.15, 0.2) is 5.78 Å². The van der Waals surface area contributed by atoms with Crippen molar-refractivity contribution in [1.29, 1.82) is 0 Å². The minimum Gasteiger partial charge on any atom is -0.383 e. The van der Waals surface area contributed by atoms with Gasteiger partial charge in [0.25, 0.3) is 0 Å². The average Bonchev–Trinajstić information content (AvgIpc) is 2.29. The second-order valence-electron chi connectivity index (χ2n) is 4.62. The van der Waals surface area contributed by atoms with Crippen molar-refractivity contribution >= 4 is 5.78 Å². The maximum absolute atomic E-state index is 11.9. The van der Waals surface area contributed by atoms with Crippen molar-refractivity contribution in [2.75, 3.05) is 13.7 Å². The second-order valence-corrected chi connectivity index (χ2v) is 4.62. The molecule has 0 aliphatic carbocycles. The Labute approximate surface area is 103 Å². The topological polar surface area (TPSA) is 52.3 Å². The van der Waals surface area contributed by atoms with E-state index in [1.807, 2.05) is 24.3 Å². The third-order valence-corrected chi connectivity index (χ3v) is 2.73. The monoisotopic (exact) mass is 235 g/mol. The fourth-order valence-corrected chi connectivity index (χ4v) is 1.68. The third-order valence-electron chi connectivity index (χ3n) is 2.73. The van der Waals surface area contributed by atoms with Crippen molar-refractivity contribution < 1.29 is 9.53 Å². The lowest BCUT2D eigenvalue weighted by Gasteiger charge is -2.10. The number of benzene rings is 1. The van der Waals surface area contributed by atoms with Gasteiger partial charge >= 0.3 is 0 Å². The molecule has 1 aromatic rings. The van der Waals surface area contributed by atoms with Crippen LogP contribution >= 0.6 is 0 Å². The van der Waals surface area contributed by atoms with Crippen LogP contribution in [0.25, 0.3) is 0 Å². The first-order valence-corrected chi connectivity index (χ1v) is 5.92. The van der Waals surface area contributed by atoms with Gasteiger partial charge in [-0.25, -0.2) is 0 Å². The Morgan fingerprint density at radius 1 is 1.29 bits per heavy atom. The van der Waals surface area contributed by atoms with E-state index in [9.17, 15) is 4.79 Å². The van der Waals surface area contributed by atoms with E-state index in [1.165, 1.54) is 5.56 Å². The number of hydrogen-bond acceptors (Lipinski definition) is 3. The molecule has 0 aliphatic rings. The van der Waals surface area contributed by atoms with E-state index in [0.29, 0.717) is 18.9 Å². The number of carbonyl (C=O) groups is 1. The van der Waals surface area contributed by atoms with E-state index in [-0.39, 0.29) is 11.8 Å². The molecule has 1 rings (SSSR count). The predicted octanol–water partition coefficient (Wildman–Crippen LogP) is 2.36. The predicted molar refractivity (Wildman–Crippen MR) is 69.3 cm³/mol. The normalized spacial score (nSPS) is 12.8. The van der Waals surface area contributed by atoms with Crippen molar-refractivity contribution in [1.82, 2.24) is 0 Å². The fourth-order valence-electron chi connectivity index (χ4n) is 1.68. The molecular weight excluding hydrogens is 214 g/mol. The molecule has 0 heterocycles. The molecule has 0 aromatic heterocycles. The summed E-state index contributed by atoms with van der Waals surface area (Å²) in [4.78, 5) is 11.9. The molecule has 3 heteroatoms. The summed E-state index contributed by atoms with van der Waals surface area (Å²) in [6.07, 6.45) is 0.328. The Morgan fingerprint density at radius 3 is 2.35 bits per heavy atom.